The topological polar surface area (TPSA) is 57.7 Å². The van der Waals surface area contributed by atoms with Crippen LogP contribution in [0.4, 0.5) is 0 Å². The Kier molecular flexibility index (Phi) is 5.52. The van der Waals surface area contributed by atoms with Crippen molar-refractivity contribution in [3.63, 3.8) is 0 Å². The minimum Gasteiger partial charge on any atom is -0.267 e. The lowest BCUT2D eigenvalue weighted by atomic mass is 10.1. The summed E-state index contributed by atoms with van der Waals surface area (Å²) in [4.78, 5) is 39.4. The van der Waals surface area contributed by atoms with Crippen molar-refractivity contribution in [2.75, 3.05) is 0 Å². The number of halogens is 3. The van der Waals surface area contributed by atoms with Crippen LogP contribution in [-0.4, -0.2) is 27.7 Å². The molecule has 0 radical (unpaired) electrons. The molecule has 0 fully saturated rings. The van der Waals surface area contributed by atoms with E-state index < -0.39 is 17.7 Å². The van der Waals surface area contributed by atoms with Gasteiger partial charge in [-0.2, -0.15) is 5.01 Å². The van der Waals surface area contributed by atoms with Gasteiger partial charge in [0.1, 0.15) is 0 Å². The summed E-state index contributed by atoms with van der Waals surface area (Å²) in [5.41, 5.74) is 1.21. The number of amides is 3. The summed E-state index contributed by atoms with van der Waals surface area (Å²) in [5, 5.41) is 2.77. The van der Waals surface area contributed by atoms with Gasteiger partial charge >= 0.3 is 0 Å². The zero-order valence-electron chi connectivity index (χ0n) is 15.3. The predicted octanol–water partition coefficient (Wildman–Crippen LogP) is 5.50. The highest BCUT2D eigenvalue weighted by Crippen LogP contribution is 2.29. The largest absolute Gasteiger partial charge is 0.280 e. The SMILES string of the molecule is O=C(c1ccccc1Cl)N(Cc1ccc(Cl)c(Cl)c1)N1C(=O)c2ccccc2C1=O. The van der Waals surface area contributed by atoms with E-state index >= 15 is 0 Å². The van der Waals surface area contributed by atoms with Gasteiger partial charge in [-0.05, 0) is 42.0 Å². The van der Waals surface area contributed by atoms with Gasteiger partial charge in [-0.3, -0.25) is 14.4 Å². The highest BCUT2D eigenvalue weighted by atomic mass is 35.5. The maximum atomic E-state index is 13.4. The van der Waals surface area contributed by atoms with Crippen molar-refractivity contribution in [3.05, 3.63) is 104 Å². The number of imide groups is 1. The fraction of sp³-hybridized carbons (Fsp3) is 0.0455. The van der Waals surface area contributed by atoms with Crippen LogP contribution in [0.25, 0.3) is 0 Å². The number of hydrogen-bond acceptors (Lipinski definition) is 3. The Labute approximate surface area is 187 Å². The Morgan fingerprint density at radius 2 is 1.37 bits per heavy atom. The van der Waals surface area contributed by atoms with Crippen LogP contribution >= 0.6 is 34.8 Å². The molecule has 8 heteroatoms. The summed E-state index contributed by atoms with van der Waals surface area (Å²) in [6, 6.07) is 17.7. The zero-order chi connectivity index (χ0) is 21.4. The van der Waals surface area contributed by atoms with Gasteiger partial charge in [0.05, 0.1) is 38.3 Å². The van der Waals surface area contributed by atoms with Gasteiger partial charge in [0.25, 0.3) is 17.7 Å². The normalized spacial score (nSPS) is 12.8. The molecule has 0 saturated heterocycles. The van der Waals surface area contributed by atoms with Gasteiger partial charge in [0.2, 0.25) is 0 Å². The van der Waals surface area contributed by atoms with Crippen LogP contribution in [0.2, 0.25) is 15.1 Å². The number of benzene rings is 3. The minimum atomic E-state index is -0.596. The predicted molar refractivity (Wildman–Crippen MR) is 115 cm³/mol. The molecular weight excluding hydrogens is 447 g/mol. The third-order valence-electron chi connectivity index (χ3n) is 4.67. The molecule has 0 saturated carbocycles. The summed E-state index contributed by atoms with van der Waals surface area (Å²) in [6.45, 7) is -0.0909. The van der Waals surface area contributed by atoms with E-state index in [0.717, 1.165) is 10.0 Å². The Hall–Kier alpha value is -2.86. The van der Waals surface area contributed by atoms with Crippen LogP contribution < -0.4 is 0 Å². The molecule has 4 rings (SSSR count). The molecule has 0 N–H and O–H groups in total. The number of nitrogens with zero attached hydrogens (tertiary/aromatic N) is 2. The second-order valence-electron chi connectivity index (χ2n) is 6.56. The zero-order valence-corrected chi connectivity index (χ0v) is 17.6. The number of hydrazine groups is 1. The number of carbonyl (C=O) groups excluding carboxylic acids is 3. The molecule has 1 aliphatic heterocycles. The van der Waals surface area contributed by atoms with Gasteiger partial charge in [-0.15, -0.1) is 0 Å². The summed E-state index contributed by atoms with van der Waals surface area (Å²) < 4.78 is 0. The molecule has 30 heavy (non-hydrogen) atoms. The average Bonchev–Trinajstić information content (AvgIpc) is 2.99. The lowest BCUT2D eigenvalue weighted by Gasteiger charge is -2.30. The van der Waals surface area contributed by atoms with Gasteiger partial charge in [0.15, 0.2) is 0 Å². The van der Waals surface area contributed by atoms with Gasteiger partial charge in [-0.25, -0.2) is 5.01 Å². The van der Waals surface area contributed by atoms with E-state index in [-0.39, 0.29) is 28.3 Å². The van der Waals surface area contributed by atoms with E-state index in [2.05, 4.69) is 0 Å². The van der Waals surface area contributed by atoms with Crippen LogP contribution in [0.5, 0.6) is 0 Å². The first kappa shape index (κ1) is 20.4. The first-order valence-electron chi connectivity index (χ1n) is 8.86. The van der Waals surface area contributed by atoms with Crippen molar-refractivity contribution < 1.29 is 14.4 Å². The summed E-state index contributed by atoms with van der Waals surface area (Å²) in [5.74, 6) is -1.77. The molecule has 1 heterocycles. The number of hydrogen-bond donors (Lipinski definition) is 0. The van der Waals surface area contributed by atoms with Crippen molar-refractivity contribution in [1.82, 2.24) is 10.0 Å². The molecular formula is C22H13Cl3N2O3. The molecule has 0 unspecified atom stereocenters. The highest BCUT2D eigenvalue weighted by molar-refractivity contribution is 6.42. The molecule has 0 atom stereocenters. The molecule has 0 aliphatic carbocycles. The highest BCUT2D eigenvalue weighted by Gasteiger charge is 2.41. The Balaban J connectivity index is 1.79. The maximum Gasteiger partial charge on any atom is 0.280 e. The summed E-state index contributed by atoms with van der Waals surface area (Å²) in [7, 11) is 0. The molecule has 0 aromatic heterocycles. The first-order chi connectivity index (χ1) is 14.4. The lowest BCUT2D eigenvalue weighted by Crippen LogP contribution is -2.49. The van der Waals surface area contributed by atoms with E-state index in [1.54, 1.807) is 60.7 Å². The maximum absolute atomic E-state index is 13.4. The second kappa shape index (κ2) is 8.11. The fourth-order valence-corrected chi connectivity index (χ4v) is 3.75. The van der Waals surface area contributed by atoms with Crippen LogP contribution in [0, 0.1) is 0 Å². The Morgan fingerprint density at radius 1 is 0.767 bits per heavy atom. The van der Waals surface area contributed by atoms with Gasteiger partial charge in [-0.1, -0.05) is 65.1 Å². The number of carbonyl (C=O) groups is 3. The molecule has 1 aliphatic rings. The number of rotatable bonds is 4. The third-order valence-corrected chi connectivity index (χ3v) is 5.74. The van der Waals surface area contributed by atoms with E-state index in [9.17, 15) is 14.4 Å². The lowest BCUT2D eigenvalue weighted by molar-refractivity contribution is 0.000878. The van der Waals surface area contributed by atoms with Crippen LogP contribution in [0.15, 0.2) is 66.7 Å². The van der Waals surface area contributed by atoms with E-state index in [1.165, 1.54) is 6.07 Å². The van der Waals surface area contributed by atoms with E-state index in [1.807, 2.05) is 0 Å². The second-order valence-corrected chi connectivity index (χ2v) is 7.78. The molecule has 3 aromatic rings. The molecule has 0 bridgehead atoms. The van der Waals surface area contributed by atoms with Crippen molar-refractivity contribution >= 4 is 52.5 Å². The van der Waals surface area contributed by atoms with Gasteiger partial charge in [0, 0.05) is 0 Å². The van der Waals surface area contributed by atoms with Gasteiger partial charge < -0.3 is 0 Å². The molecule has 0 spiro atoms. The minimum absolute atomic E-state index is 0.0909. The Morgan fingerprint density at radius 3 is 1.97 bits per heavy atom. The molecule has 3 amide bonds. The fourth-order valence-electron chi connectivity index (χ4n) is 3.21. The Bertz CT molecular complexity index is 1160. The van der Waals surface area contributed by atoms with Crippen LogP contribution in [-0.2, 0) is 6.54 Å². The van der Waals surface area contributed by atoms with E-state index in [4.69, 9.17) is 34.8 Å². The number of fused-ring (bicyclic) bond motifs is 1. The van der Waals surface area contributed by atoms with Crippen molar-refractivity contribution in [2.45, 2.75) is 6.54 Å². The monoisotopic (exact) mass is 458 g/mol. The molecule has 5 nitrogen and oxygen atoms in total. The van der Waals surface area contributed by atoms with Crippen LogP contribution in [0.1, 0.15) is 36.6 Å². The summed E-state index contributed by atoms with van der Waals surface area (Å²) >= 11 is 18.3. The third kappa shape index (κ3) is 3.56. The van der Waals surface area contributed by atoms with Crippen molar-refractivity contribution in [1.29, 1.82) is 0 Å². The first-order valence-corrected chi connectivity index (χ1v) is 10.00. The van der Waals surface area contributed by atoms with Crippen LogP contribution in [0.3, 0.4) is 0 Å². The summed E-state index contributed by atoms with van der Waals surface area (Å²) in [6.07, 6.45) is 0. The quantitative estimate of drug-likeness (QED) is 0.484. The average molecular weight is 460 g/mol. The van der Waals surface area contributed by atoms with Crippen molar-refractivity contribution in [3.8, 4) is 0 Å². The smallest absolute Gasteiger partial charge is 0.267 e. The van der Waals surface area contributed by atoms with Crippen molar-refractivity contribution in [2.24, 2.45) is 0 Å². The standard InChI is InChI=1S/C22H13Cl3N2O3/c23-17-8-4-3-7-16(17)20(28)26(12-13-9-10-18(24)19(25)11-13)27-21(29)14-5-1-2-6-15(14)22(27)30/h1-11H,12H2. The molecule has 3 aromatic carbocycles. The van der Waals surface area contributed by atoms with E-state index in [0.29, 0.717) is 15.6 Å². The molecule has 150 valence electrons.